The van der Waals surface area contributed by atoms with E-state index in [0.29, 0.717) is 12.2 Å². The minimum absolute atomic E-state index is 0.0261. The summed E-state index contributed by atoms with van der Waals surface area (Å²) in [5.41, 5.74) is 0.190. The number of carbonyl (C=O) groups is 1. The van der Waals surface area contributed by atoms with Crippen LogP contribution in [0, 0.1) is 21.4 Å². The number of hydrogen-bond acceptors (Lipinski definition) is 6. The number of nitriles is 1. The maximum absolute atomic E-state index is 10.9. The summed E-state index contributed by atoms with van der Waals surface area (Å²) in [6.07, 6.45) is -0.960. The molecule has 1 aliphatic rings. The molecule has 0 spiro atoms. The van der Waals surface area contributed by atoms with E-state index in [0.717, 1.165) is 0 Å². The van der Waals surface area contributed by atoms with Crippen LogP contribution in [0.5, 0.6) is 0 Å². The van der Waals surface area contributed by atoms with Crippen LogP contribution in [0.2, 0.25) is 0 Å². The van der Waals surface area contributed by atoms with Gasteiger partial charge >= 0.3 is 5.97 Å². The third kappa shape index (κ3) is 2.67. The van der Waals surface area contributed by atoms with E-state index >= 15 is 0 Å². The predicted molar refractivity (Wildman–Crippen MR) is 67.4 cm³/mol. The smallest absolute Gasteiger partial charge is 0.334 e. The molecule has 8 nitrogen and oxygen atoms in total. The number of carboxylic acid groups (broad SMARTS) is 1. The van der Waals surface area contributed by atoms with Crippen molar-refractivity contribution in [2.75, 3.05) is 24.6 Å². The molecule has 1 aromatic rings. The maximum atomic E-state index is 10.9. The van der Waals surface area contributed by atoms with Crippen molar-refractivity contribution in [1.29, 1.82) is 5.26 Å². The molecule has 1 aromatic carbocycles. The molecule has 1 heterocycles. The van der Waals surface area contributed by atoms with Gasteiger partial charge in [-0.25, -0.2) is 4.79 Å². The van der Waals surface area contributed by atoms with Crippen molar-refractivity contribution < 1.29 is 19.6 Å². The van der Waals surface area contributed by atoms with Crippen molar-refractivity contribution in [3.05, 3.63) is 33.9 Å². The average molecular weight is 277 g/mol. The standard InChI is InChI=1S/C12H11N3O5/c13-6-8-1-2-9(5-10(8)15(18)19)14-3-4-20-11(7-14)12(16)17/h1-2,5,11H,3-4,7H2,(H,16,17). The molecule has 1 atom stereocenters. The van der Waals surface area contributed by atoms with E-state index in [4.69, 9.17) is 15.1 Å². The Morgan fingerprint density at radius 2 is 2.35 bits per heavy atom. The molecule has 0 amide bonds. The molecule has 8 heteroatoms. The van der Waals surface area contributed by atoms with Crippen LogP contribution < -0.4 is 4.90 Å². The summed E-state index contributed by atoms with van der Waals surface area (Å²) in [7, 11) is 0. The second-order valence-electron chi connectivity index (χ2n) is 4.21. The van der Waals surface area contributed by atoms with Gasteiger partial charge in [0, 0.05) is 18.3 Å². The normalized spacial score (nSPS) is 18.4. The van der Waals surface area contributed by atoms with Crippen molar-refractivity contribution in [3.8, 4) is 6.07 Å². The van der Waals surface area contributed by atoms with Crippen molar-refractivity contribution in [2.24, 2.45) is 0 Å². The molecule has 20 heavy (non-hydrogen) atoms. The molecule has 1 aliphatic heterocycles. The van der Waals surface area contributed by atoms with Gasteiger partial charge in [0.1, 0.15) is 11.6 Å². The van der Waals surface area contributed by atoms with Crippen molar-refractivity contribution in [1.82, 2.24) is 0 Å². The summed E-state index contributed by atoms with van der Waals surface area (Å²) >= 11 is 0. The lowest BCUT2D eigenvalue weighted by atomic mass is 10.1. The third-order valence-corrected chi connectivity index (χ3v) is 3.01. The Labute approximate surface area is 113 Å². The molecule has 1 saturated heterocycles. The van der Waals surface area contributed by atoms with Gasteiger partial charge in [-0.15, -0.1) is 0 Å². The number of nitro groups is 1. The highest BCUT2D eigenvalue weighted by Crippen LogP contribution is 2.26. The van der Waals surface area contributed by atoms with E-state index in [1.165, 1.54) is 12.1 Å². The molecule has 1 N–H and O–H groups in total. The first-order valence-corrected chi connectivity index (χ1v) is 5.81. The zero-order valence-electron chi connectivity index (χ0n) is 10.4. The lowest BCUT2D eigenvalue weighted by Gasteiger charge is -2.32. The van der Waals surface area contributed by atoms with Crippen LogP contribution in [0.1, 0.15) is 5.56 Å². The highest BCUT2D eigenvalue weighted by atomic mass is 16.6. The number of anilines is 1. The maximum Gasteiger partial charge on any atom is 0.334 e. The Hall–Kier alpha value is -2.66. The molecule has 0 aliphatic carbocycles. The van der Waals surface area contributed by atoms with Crippen LogP contribution in [0.3, 0.4) is 0 Å². The largest absolute Gasteiger partial charge is 0.479 e. The van der Waals surface area contributed by atoms with Gasteiger partial charge in [0.25, 0.3) is 5.69 Å². The lowest BCUT2D eigenvalue weighted by Crippen LogP contribution is -2.46. The summed E-state index contributed by atoms with van der Waals surface area (Å²) in [4.78, 5) is 22.9. The minimum Gasteiger partial charge on any atom is -0.479 e. The van der Waals surface area contributed by atoms with Gasteiger partial charge in [-0.3, -0.25) is 10.1 Å². The molecule has 104 valence electrons. The first-order valence-electron chi connectivity index (χ1n) is 5.81. The summed E-state index contributed by atoms with van der Waals surface area (Å²) in [6, 6.07) is 5.96. The van der Waals surface area contributed by atoms with E-state index in [9.17, 15) is 14.9 Å². The number of rotatable bonds is 3. The third-order valence-electron chi connectivity index (χ3n) is 3.01. The quantitative estimate of drug-likeness (QED) is 0.640. The average Bonchev–Trinajstić information content (AvgIpc) is 2.46. The molecular formula is C12H11N3O5. The zero-order chi connectivity index (χ0) is 14.7. The van der Waals surface area contributed by atoms with Gasteiger partial charge < -0.3 is 14.7 Å². The minimum atomic E-state index is -1.07. The van der Waals surface area contributed by atoms with Gasteiger partial charge in [-0.2, -0.15) is 5.26 Å². The number of carboxylic acids is 1. The summed E-state index contributed by atoms with van der Waals surface area (Å²) < 4.78 is 5.09. The van der Waals surface area contributed by atoms with Crippen molar-refractivity contribution in [3.63, 3.8) is 0 Å². The van der Waals surface area contributed by atoms with E-state index < -0.39 is 17.0 Å². The fraction of sp³-hybridized carbons (Fsp3) is 0.333. The fourth-order valence-corrected chi connectivity index (χ4v) is 2.00. The van der Waals surface area contributed by atoms with Gasteiger partial charge in [0.2, 0.25) is 0 Å². The predicted octanol–water partition coefficient (Wildman–Crippen LogP) is 0.756. The second-order valence-corrected chi connectivity index (χ2v) is 4.21. The van der Waals surface area contributed by atoms with Crippen LogP contribution in [0.4, 0.5) is 11.4 Å². The van der Waals surface area contributed by atoms with Crippen LogP contribution in [-0.2, 0) is 9.53 Å². The van der Waals surface area contributed by atoms with E-state index in [1.807, 2.05) is 0 Å². The Morgan fingerprint density at radius 3 is 2.95 bits per heavy atom. The number of aliphatic carboxylic acids is 1. The van der Waals surface area contributed by atoms with Crippen LogP contribution in [0.15, 0.2) is 18.2 Å². The van der Waals surface area contributed by atoms with Crippen molar-refractivity contribution in [2.45, 2.75) is 6.10 Å². The van der Waals surface area contributed by atoms with E-state index in [2.05, 4.69) is 0 Å². The van der Waals surface area contributed by atoms with Gasteiger partial charge in [-0.1, -0.05) is 0 Å². The molecular weight excluding hydrogens is 266 g/mol. The monoisotopic (exact) mass is 277 g/mol. The number of nitro benzene ring substituents is 1. The first kappa shape index (κ1) is 13.8. The van der Waals surface area contributed by atoms with E-state index in [1.54, 1.807) is 17.0 Å². The summed E-state index contributed by atoms with van der Waals surface area (Å²) in [5, 5.41) is 28.6. The molecule has 2 rings (SSSR count). The summed E-state index contributed by atoms with van der Waals surface area (Å²) in [5.74, 6) is -1.07. The van der Waals surface area contributed by atoms with Crippen LogP contribution in [-0.4, -0.2) is 41.8 Å². The SMILES string of the molecule is N#Cc1ccc(N2CCOC(C(=O)O)C2)cc1[N+](=O)[O-]. The zero-order valence-corrected chi connectivity index (χ0v) is 10.4. The highest BCUT2D eigenvalue weighted by Gasteiger charge is 2.27. The Balaban J connectivity index is 2.29. The van der Waals surface area contributed by atoms with Crippen molar-refractivity contribution >= 4 is 17.3 Å². The second kappa shape index (κ2) is 5.54. The molecule has 0 bridgehead atoms. The molecule has 0 aromatic heterocycles. The number of nitrogens with zero attached hydrogens (tertiary/aromatic N) is 3. The number of ether oxygens (including phenoxy) is 1. The molecule has 0 saturated carbocycles. The van der Waals surface area contributed by atoms with Gasteiger partial charge in [-0.05, 0) is 12.1 Å². The Kier molecular flexibility index (Phi) is 3.81. The summed E-state index contributed by atoms with van der Waals surface area (Å²) in [6.45, 7) is 0.774. The Bertz CT molecular complexity index is 595. The number of hydrogen-bond donors (Lipinski definition) is 1. The van der Waals surface area contributed by atoms with Gasteiger partial charge in [0.15, 0.2) is 6.10 Å². The van der Waals surface area contributed by atoms with E-state index in [-0.39, 0.29) is 24.4 Å². The topological polar surface area (TPSA) is 117 Å². The lowest BCUT2D eigenvalue weighted by molar-refractivity contribution is -0.385. The molecule has 1 fully saturated rings. The fourth-order valence-electron chi connectivity index (χ4n) is 2.00. The van der Waals surface area contributed by atoms with Gasteiger partial charge in [0.05, 0.1) is 18.1 Å². The van der Waals surface area contributed by atoms with Crippen LogP contribution >= 0.6 is 0 Å². The Morgan fingerprint density at radius 1 is 1.60 bits per heavy atom. The first-order chi connectivity index (χ1) is 9.52. The molecule has 0 radical (unpaired) electrons. The molecule has 1 unspecified atom stereocenters. The number of benzene rings is 1. The van der Waals surface area contributed by atoms with Crippen LogP contribution in [0.25, 0.3) is 0 Å². The number of morpholine rings is 1. The highest BCUT2D eigenvalue weighted by molar-refractivity contribution is 5.74.